The topological polar surface area (TPSA) is 117 Å². The van der Waals surface area contributed by atoms with Gasteiger partial charge in [-0.15, -0.1) is 0 Å². The van der Waals surface area contributed by atoms with E-state index in [2.05, 4.69) is 25.3 Å². The number of nitrogen functional groups attached to an aromatic ring is 1. The molecular weight excluding hydrogens is 441 g/mol. The summed E-state index contributed by atoms with van der Waals surface area (Å²) in [6, 6.07) is 4.16. The van der Waals surface area contributed by atoms with Crippen molar-refractivity contribution in [3.8, 4) is 11.5 Å². The predicted molar refractivity (Wildman–Crippen MR) is 114 cm³/mol. The Morgan fingerprint density at radius 1 is 1.06 bits per heavy atom. The summed E-state index contributed by atoms with van der Waals surface area (Å²) in [5.41, 5.74) is 4.60. The fourth-order valence-electron chi connectivity index (χ4n) is 3.44. The highest BCUT2D eigenvalue weighted by Crippen LogP contribution is 2.44. The lowest BCUT2D eigenvalue weighted by Crippen LogP contribution is -2.24. The number of nitrogens with two attached hydrogens (primary N) is 1. The number of hydrogen-bond acceptors (Lipinski definition) is 9. The van der Waals surface area contributed by atoms with Crippen molar-refractivity contribution in [1.82, 2.24) is 19.9 Å². The number of fused-ring (bicyclic) bond motifs is 1. The van der Waals surface area contributed by atoms with Crippen LogP contribution in [0.2, 0.25) is 0 Å². The lowest BCUT2D eigenvalue weighted by molar-refractivity contribution is -0.141. The minimum Gasteiger partial charge on any atom is -0.493 e. The fraction of sp³-hybridized carbons (Fsp3) is 0.429. The maximum atomic E-state index is 13.1. The monoisotopic (exact) mass is 464 g/mol. The van der Waals surface area contributed by atoms with Crippen molar-refractivity contribution >= 4 is 22.5 Å². The summed E-state index contributed by atoms with van der Waals surface area (Å²) >= 11 is 0. The number of aryl methyl sites for hydroxylation is 1. The van der Waals surface area contributed by atoms with Crippen LogP contribution in [-0.4, -0.2) is 46.4 Å². The molecule has 0 atom stereocenters. The van der Waals surface area contributed by atoms with Gasteiger partial charge in [0, 0.05) is 24.6 Å². The first-order chi connectivity index (χ1) is 15.6. The molecule has 0 unspecified atom stereocenters. The number of nitrogens with one attached hydrogen (secondary N) is 1. The lowest BCUT2D eigenvalue weighted by Gasteiger charge is -2.20. The number of benzene rings is 1. The van der Waals surface area contributed by atoms with Crippen molar-refractivity contribution < 1.29 is 27.4 Å². The maximum Gasteiger partial charge on any atom is 0.433 e. The molecule has 1 fully saturated rings. The van der Waals surface area contributed by atoms with Gasteiger partial charge in [-0.3, -0.25) is 0 Å². The smallest absolute Gasteiger partial charge is 0.433 e. The molecule has 1 aliphatic rings. The van der Waals surface area contributed by atoms with Gasteiger partial charge in [0.05, 0.1) is 25.8 Å². The van der Waals surface area contributed by atoms with Gasteiger partial charge >= 0.3 is 6.18 Å². The Balaban J connectivity index is 1.68. The fourth-order valence-corrected chi connectivity index (χ4v) is 3.44. The molecule has 1 aliphatic carbocycles. The van der Waals surface area contributed by atoms with Crippen molar-refractivity contribution in [2.75, 3.05) is 31.9 Å². The molecule has 2 aromatic heterocycles. The first kappa shape index (κ1) is 22.8. The van der Waals surface area contributed by atoms with E-state index < -0.39 is 17.5 Å². The summed E-state index contributed by atoms with van der Waals surface area (Å²) in [7, 11) is 3.15. The summed E-state index contributed by atoms with van der Waals surface area (Å²) in [5.74, 6) is 1.46. The third-order valence-electron chi connectivity index (χ3n) is 5.13. The Morgan fingerprint density at radius 2 is 1.82 bits per heavy atom. The molecule has 3 N–H and O–H groups in total. The van der Waals surface area contributed by atoms with Crippen LogP contribution in [0.1, 0.15) is 30.2 Å². The SMILES string of the molecule is COCC1(Oc2cc3c(NCc4nc(N)cc(C(F)(F)F)n4)nc(C)nc3cc2OC)CC1. The third kappa shape index (κ3) is 5.00. The van der Waals surface area contributed by atoms with Gasteiger partial charge in [-0.2, -0.15) is 13.2 Å². The van der Waals surface area contributed by atoms with Gasteiger partial charge in [0.15, 0.2) is 11.5 Å². The quantitative estimate of drug-likeness (QED) is 0.516. The minimum absolute atomic E-state index is 0.117. The molecule has 176 valence electrons. The zero-order valence-electron chi connectivity index (χ0n) is 18.3. The molecule has 0 amide bonds. The summed E-state index contributed by atoms with van der Waals surface area (Å²) < 4.78 is 56.1. The molecule has 1 saturated carbocycles. The number of rotatable bonds is 8. The average Bonchev–Trinajstić information content (AvgIpc) is 3.50. The number of halogens is 3. The molecular formula is C21H23F3N6O3. The average molecular weight is 464 g/mol. The van der Waals surface area contributed by atoms with Gasteiger partial charge in [0.25, 0.3) is 0 Å². The van der Waals surface area contributed by atoms with Crippen LogP contribution in [0, 0.1) is 6.92 Å². The zero-order valence-corrected chi connectivity index (χ0v) is 18.3. The Morgan fingerprint density at radius 3 is 2.45 bits per heavy atom. The lowest BCUT2D eigenvalue weighted by atomic mass is 10.2. The summed E-state index contributed by atoms with van der Waals surface area (Å²) in [5, 5.41) is 3.60. The molecule has 33 heavy (non-hydrogen) atoms. The summed E-state index contributed by atoms with van der Waals surface area (Å²) in [6.45, 7) is 2.02. The van der Waals surface area contributed by atoms with E-state index in [0.29, 0.717) is 46.7 Å². The van der Waals surface area contributed by atoms with Gasteiger partial charge in [-0.1, -0.05) is 0 Å². The molecule has 0 bridgehead atoms. The number of methoxy groups -OCH3 is 2. The van der Waals surface area contributed by atoms with Crippen molar-refractivity contribution in [2.24, 2.45) is 0 Å². The van der Waals surface area contributed by atoms with Gasteiger partial charge in [0.1, 0.15) is 34.6 Å². The van der Waals surface area contributed by atoms with E-state index in [1.165, 1.54) is 7.11 Å². The van der Waals surface area contributed by atoms with Gasteiger partial charge < -0.3 is 25.3 Å². The molecule has 3 aromatic rings. The molecule has 0 radical (unpaired) electrons. The number of anilines is 2. The molecule has 0 aliphatic heterocycles. The molecule has 2 heterocycles. The number of aromatic nitrogens is 4. The van der Waals surface area contributed by atoms with Crippen LogP contribution in [0.4, 0.5) is 24.8 Å². The van der Waals surface area contributed by atoms with Crippen molar-refractivity contribution in [1.29, 1.82) is 0 Å². The Kier molecular flexibility index (Phi) is 5.87. The van der Waals surface area contributed by atoms with Crippen LogP contribution < -0.4 is 20.5 Å². The van der Waals surface area contributed by atoms with Gasteiger partial charge in [-0.05, 0) is 25.8 Å². The van der Waals surface area contributed by atoms with Crippen LogP contribution in [0.15, 0.2) is 18.2 Å². The minimum atomic E-state index is -4.63. The highest BCUT2D eigenvalue weighted by Gasteiger charge is 2.46. The van der Waals surface area contributed by atoms with E-state index in [9.17, 15) is 13.2 Å². The second-order valence-corrected chi connectivity index (χ2v) is 7.80. The van der Waals surface area contributed by atoms with Crippen LogP contribution in [-0.2, 0) is 17.5 Å². The summed E-state index contributed by atoms with van der Waals surface area (Å²) in [4.78, 5) is 16.3. The van der Waals surface area contributed by atoms with Crippen LogP contribution in [0.3, 0.4) is 0 Å². The number of alkyl halides is 3. The third-order valence-corrected chi connectivity index (χ3v) is 5.13. The first-order valence-electron chi connectivity index (χ1n) is 10.1. The first-order valence-corrected chi connectivity index (χ1v) is 10.1. The molecule has 1 aromatic carbocycles. The van der Waals surface area contributed by atoms with Crippen LogP contribution >= 0.6 is 0 Å². The van der Waals surface area contributed by atoms with E-state index in [1.807, 2.05) is 0 Å². The molecule has 0 spiro atoms. The van der Waals surface area contributed by atoms with Crippen LogP contribution in [0.25, 0.3) is 10.9 Å². The van der Waals surface area contributed by atoms with Crippen molar-refractivity contribution in [2.45, 2.75) is 38.1 Å². The van der Waals surface area contributed by atoms with Gasteiger partial charge in [0.2, 0.25) is 0 Å². The Bertz CT molecular complexity index is 1180. The van der Waals surface area contributed by atoms with Gasteiger partial charge in [-0.25, -0.2) is 19.9 Å². The number of ether oxygens (including phenoxy) is 3. The Labute approximate surface area is 187 Å². The highest BCUT2D eigenvalue weighted by atomic mass is 19.4. The number of nitrogens with zero attached hydrogens (tertiary/aromatic N) is 4. The molecule has 12 heteroatoms. The van der Waals surface area contributed by atoms with Crippen molar-refractivity contribution in [3.05, 3.63) is 35.5 Å². The van der Waals surface area contributed by atoms with E-state index >= 15 is 0 Å². The Hall–Kier alpha value is -3.41. The number of hydrogen-bond donors (Lipinski definition) is 2. The second kappa shape index (κ2) is 8.50. The molecule has 0 saturated heterocycles. The summed E-state index contributed by atoms with van der Waals surface area (Å²) in [6.07, 6.45) is -2.93. The zero-order chi connectivity index (χ0) is 23.8. The maximum absolute atomic E-state index is 13.1. The van der Waals surface area contributed by atoms with Crippen LogP contribution in [0.5, 0.6) is 11.5 Å². The normalized spacial score (nSPS) is 14.8. The molecule has 9 nitrogen and oxygen atoms in total. The molecule has 4 rings (SSSR count). The standard InChI is InChI=1S/C21H23F3N6O3/c1-11-27-13-7-14(32-3)15(33-20(4-5-20)10-31-2)6-12(13)19(28-11)26-9-18-29-16(21(22,23)24)8-17(25)30-18/h6-8H,4-5,9-10H2,1-3H3,(H2,25,29,30)(H,26,27,28). The van der Waals surface area contributed by atoms with E-state index in [-0.39, 0.29) is 18.2 Å². The van der Waals surface area contributed by atoms with E-state index in [0.717, 1.165) is 12.8 Å². The second-order valence-electron chi connectivity index (χ2n) is 7.80. The van der Waals surface area contributed by atoms with E-state index in [1.54, 1.807) is 26.2 Å². The largest absolute Gasteiger partial charge is 0.493 e. The predicted octanol–water partition coefficient (Wildman–Crippen LogP) is 3.51. The van der Waals surface area contributed by atoms with Crippen molar-refractivity contribution in [3.63, 3.8) is 0 Å². The van der Waals surface area contributed by atoms with E-state index in [4.69, 9.17) is 19.9 Å². The highest BCUT2D eigenvalue weighted by molar-refractivity contribution is 5.91.